The normalized spacial score (nSPS) is 11.1. The number of aromatic nitrogens is 2. The summed E-state index contributed by atoms with van der Waals surface area (Å²) in [6.07, 6.45) is 3.50. The summed E-state index contributed by atoms with van der Waals surface area (Å²) in [7, 11) is 0. The number of para-hydroxylation sites is 1. The smallest absolute Gasteiger partial charge is 0.275 e. The van der Waals surface area contributed by atoms with Crippen molar-refractivity contribution in [1.82, 2.24) is 9.97 Å². The SMILES string of the molecule is Nc1c(C(=O)N(c2ccccc2)c2cccc3ccccc23)sc2nc(-c3cccnc3)ccc12. The Labute approximate surface area is 206 Å². The van der Waals surface area contributed by atoms with Crippen molar-refractivity contribution in [1.29, 1.82) is 0 Å². The van der Waals surface area contributed by atoms with Crippen LogP contribution in [0.4, 0.5) is 17.1 Å². The fraction of sp³-hybridized carbons (Fsp3) is 0. The first kappa shape index (κ1) is 21.0. The van der Waals surface area contributed by atoms with Gasteiger partial charge in [0.1, 0.15) is 9.71 Å². The summed E-state index contributed by atoms with van der Waals surface area (Å²) in [6.45, 7) is 0. The van der Waals surface area contributed by atoms with Gasteiger partial charge in [-0.15, -0.1) is 11.3 Å². The van der Waals surface area contributed by atoms with Gasteiger partial charge in [-0.3, -0.25) is 14.7 Å². The highest BCUT2D eigenvalue weighted by Crippen LogP contribution is 2.39. The maximum Gasteiger partial charge on any atom is 0.275 e. The van der Waals surface area contributed by atoms with E-state index in [1.54, 1.807) is 17.3 Å². The van der Waals surface area contributed by atoms with E-state index >= 15 is 0 Å². The van der Waals surface area contributed by atoms with Gasteiger partial charge in [-0.25, -0.2) is 4.98 Å². The highest BCUT2D eigenvalue weighted by Gasteiger charge is 2.26. The molecule has 168 valence electrons. The van der Waals surface area contributed by atoms with Crippen molar-refractivity contribution in [2.45, 2.75) is 0 Å². The largest absolute Gasteiger partial charge is 0.397 e. The Bertz CT molecular complexity index is 1670. The molecule has 0 saturated carbocycles. The van der Waals surface area contributed by atoms with Gasteiger partial charge >= 0.3 is 0 Å². The fourth-order valence-electron chi connectivity index (χ4n) is 4.28. The van der Waals surface area contributed by atoms with E-state index in [0.29, 0.717) is 10.6 Å². The summed E-state index contributed by atoms with van der Waals surface area (Å²) in [5.74, 6) is -0.184. The monoisotopic (exact) mass is 472 g/mol. The molecule has 35 heavy (non-hydrogen) atoms. The lowest BCUT2D eigenvalue weighted by Crippen LogP contribution is -2.26. The Morgan fingerprint density at radius 1 is 0.800 bits per heavy atom. The van der Waals surface area contributed by atoms with Crippen molar-refractivity contribution in [3.8, 4) is 11.3 Å². The minimum absolute atomic E-state index is 0.184. The standard InChI is InChI=1S/C29H20N4OS/c30-26-23-15-16-24(20-10-7-17-31-18-20)32-28(23)35-27(26)29(34)33(21-11-2-1-3-12-21)25-14-6-9-19-8-4-5-13-22(19)25/h1-18H,30H2. The number of thiophene rings is 1. The van der Waals surface area contributed by atoms with Gasteiger partial charge in [-0.2, -0.15) is 0 Å². The number of carbonyl (C=O) groups excluding carboxylic acids is 1. The molecule has 3 aromatic heterocycles. The summed E-state index contributed by atoms with van der Waals surface area (Å²) in [6, 6.07) is 31.4. The number of pyridine rings is 2. The van der Waals surface area contributed by atoms with Crippen LogP contribution in [0.2, 0.25) is 0 Å². The third-order valence-electron chi connectivity index (χ3n) is 5.97. The molecule has 6 heteroatoms. The second-order valence-electron chi connectivity index (χ2n) is 8.11. The molecule has 3 heterocycles. The molecule has 0 unspecified atom stereocenters. The Hall–Kier alpha value is -4.55. The highest BCUT2D eigenvalue weighted by atomic mass is 32.1. The molecule has 6 rings (SSSR count). The van der Waals surface area contributed by atoms with Gasteiger partial charge in [0.25, 0.3) is 5.91 Å². The molecule has 0 bridgehead atoms. The van der Waals surface area contributed by atoms with Crippen LogP contribution >= 0.6 is 11.3 Å². The van der Waals surface area contributed by atoms with Gasteiger partial charge in [0.2, 0.25) is 0 Å². The molecule has 1 amide bonds. The summed E-state index contributed by atoms with van der Waals surface area (Å²) in [5.41, 5.74) is 10.3. The number of hydrogen-bond donors (Lipinski definition) is 1. The molecule has 2 N–H and O–H groups in total. The minimum Gasteiger partial charge on any atom is -0.397 e. The highest BCUT2D eigenvalue weighted by molar-refractivity contribution is 7.21. The molecular formula is C29H20N4OS. The van der Waals surface area contributed by atoms with E-state index in [2.05, 4.69) is 4.98 Å². The third kappa shape index (κ3) is 3.70. The molecule has 3 aromatic carbocycles. The van der Waals surface area contributed by atoms with Crippen molar-refractivity contribution in [3.05, 3.63) is 114 Å². The molecule has 0 saturated heterocycles. The summed E-state index contributed by atoms with van der Waals surface area (Å²) >= 11 is 1.32. The zero-order valence-electron chi connectivity index (χ0n) is 18.6. The maximum atomic E-state index is 14.2. The van der Waals surface area contributed by atoms with Gasteiger partial charge in [-0.05, 0) is 47.9 Å². The Kier molecular flexibility index (Phi) is 5.20. The van der Waals surface area contributed by atoms with Crippen molar-refractivity contribution >= 4 is 55.3 Å². The summed E-state index contributed by atoms with van der Waals surface area (Å²) < 4.78 is 0. The molecular weight excluding hydrogens is 452 g/mol. The molecule has 0 fully saturated rings. The van der Waals surface area contributed by atoms with Gasteiger partial charge in [0.05, 0.1) is 17.1 Å². The van der Waals surface area contributed by atoms with E-state index in [1.807, 2.05) is 97.1 Å². The average Bonchev–Trinajstić information content (AvgIpc) is 3.25. The Morgan fingerprint density at radius 2 is 1.60 bits per heavy atom. The number of anilines is 3. The lowest BCUT2D eigenvalue weighted by molar-refractivity contribution is 0.100. The zero-order chi connectivity index (χ0) is 23.8. The van der Waals surface area contributed by atoms with Crippen molar-refractivity contribution in [2.24, 2.45) is 0 Å². The first-order valence-electron chi connectivity index (χ1n) is 11.2. The van der Waals surface area contributed by atoms with Crippen LogP contribution in [-0.4, -0.2) is 15.9 Å². The minimum atomic E-state index is -0.184. The van der Waals surface area contributed by atoms with Crippen molar-refractivity contribution in [2.75, 3.05) is 10.6 Å². The van der Waals surface area contributed by atoms with E-state index in [0.717, 1.165) is 43.6 Å². The number of fused-ring (bicyclic) bond motifs is 2. The number of carbonyl (C=O) groups is 1. The second-order valence-corrected chi connectivity index (χ2v) is 9.11. The van der Waals surface area contributed by atoms with E-state index in [9.17, 15) is 4.79 Å². The van der Waals surface area contributed by atoms with E-state index in [-0.39, 0.29) is 5.91 Å². The van der Waals surface area contributed by atoms with Crippen molar-refractivity contribution < 1.29 is 4.79 Å². The molecule has 0 aliphatic carbocycles. The number of rotatable bonds is 4. The summed E-state index contributed by atoms with van der Waals surface area (Å²) in [5, 5.41) is 2.83. The molecule has 0 aliphatic heterocycles. The van der Waals surface area contributed by atoms with E-state index in [4.69, 9.17) is 10.7 Å². The fourth-order valence-corrected chi connectivity index (χ4v) is 5.30. The second kappa shape index (κ2) is 8.66. The number of benzene rings is 3. The van der Waals surface area contributed by atoms with Crippen LogP contribution in [0.25, 0.3) is 32.2 Å². The van der Waals surface area contributed by atoms with Crippen LogP contribution in [-0.2, 0) is 0 Å². The number of nitrogens with zero attached hydrogens (tertiary/aromatic N) is 3. The zero-order valence-corrected chi connectivity index (χ0v) is 19.4. The predicted molar refractivity (Wildman–Crippen MR) is 144 cm³/mol. The van der Waals surface area contributed by atoms with Gasteiger partial charge in [-0.1, -0.05) is 54.6 Å². The third-order valence-corrected chi connectivity index (χ3v) is 7.07. The van der Waals surface area contributed by atoms with E-state index < -0.39 is 0 Å². The van der Waals surface area contributed by atoms with Crippen LogP contribution in [0.5, 0.6) is 0 Å². The maximum absolute atomic E-state index is 14.2. The van der Waals surface area contributed by atoms with Crippen molar-refractivity contribution in [3.63, 3.8) is 0 Å². The number of nitrogens with two attached hydrogens (primary N) is 1. The molecule has 0 spiro atoms. The molecule has 0 atom stereocenters. The van der Waals surface area contributed by atoms with Gasteiger partial charge in [0, 0.05) is 34.4 Å². The van der Waals surface area contributed by atoms with Crippen LogP contribution in [0, 0.1) is 0 Å². The predicted octanol–water partition coefficient (Wildman–Crippen LogP) is 7.07. The van der Waals surface area contributed by atoms with Crippen LogP contribution in [0.1, 0.15) is 9.67 Å². The Balaban J connectivity index is 1.51. The van der Waals surface area contributed by atoms with Gasteiger partial charge < -0.3 is 5.73 Å². The van der Waals surface area contributed by atoms with Crippen LogP contribution in [0.3, 0.4) is 0 Å². The molecule has 0 radical (unpaired) electrons. The number of hydrogen-bond acceptors (Lipinski definition) is 5. The quantitative estimate of drug-likeness (QED) is 0.298. The van der Waals surface area contributed by atoms with Crippen LogP contribution < -0.4 is 10.6 Å². The average molecular weight is 473 g/mol. The van der Waals surface area contributed by atoms with Crippen LogP contribution in [0.15, 0.2) is 109 Å². The molecule has 5 nitrogen and oxygen atoms in total. The molecule has 6 aromatic rings. The number of amides is 1. The Morgan fingerprint density at radius 3 is 2.43 bits per heavy atom. The van der Waals surface area contributed by atoms with E-state index in [1.165, 1.54) is 11.3 Å². The number of nitrogen functional groups attached to an aromatic ring is 1. The lowest BCUT2D eigenvalue weighted by atomic mass is 10.1. The lowest BCUT2D eigenvalue weighted by Gasteiger charge is -2.24. The summed E-state index contributed by atoms with van der Waals surface area (Å²) in [4.78, 5) is 26.1. The first-order chi connectivity index (χ1) is 17.2. The van der Waals surface area contributed by atoms with Gasteiger partial charge in [0.15, 0.2) is 0 Å². The topological polar surface area (TPSA) is 72.1 Å². The molecule has 0 aliphatic rings. The first-order valence-corrected chi connectivity index (χ1v) is 12.0.